The summed E-state index contributed by atoms with van der Waals surface area (Å²) in [6, 6.07) is 12.1. The van der Waals surface area contributed by atoms with Crippen LogP contribution in [0.1, 0.15) is 40.0 Å². The van der Waals surface area contributed by atoms with Crippen LogP contribution in [0.4, 0.5) is 22.4 Å². The van der Waals surface area contributed by atoms with Crippen LogP contribution in [0.2, 0.25) is 0 Å². The van der Waals surface area contributed by atoms with Crippen molar-refractivity contribution in [2.45, 2.75) is 44.4 Å². The lowest BCUT2D eigenvalue weighted by atomic mass is 10.0. The van der Waals surface area contributed by atoms with E-state index in [2.05, 4.69) is 25.5 Å². The molecular formula is C32H37F4N5O6S. The first-order valence-electron chi connectivity index (χ1n) is 14.3. The maximum atomic E-state index is 14.9. The molecule has 2 aliphatic rings. The molecule has 1 aliphatic heterocycles. The molecule has 1 unspecified atom stereocenters. The summed E-state index contributed by atoms with van der Waals surface area (Å²) in [7, 11) is 3.65. The van der Waals surface area contributed by atoms with Gasteiger partial charge in [-0.2, -0.15) is 22.6 Å². The molecule has 48 heavy (non-hydrogen) atoms. The van der Waals surface area contributed by atoms with E-state index in [1.165, 1.54) is 37.6 Å². The Labute approximate surface area is 278 Å². The number of amidine groups is 1. The lowest BCUT2D eigenvalue weighted by Gasteiger charge is -2.24. The smallest absolute Gasteiger partial charge is 0.435 e. The summed E-state index contributed by atoms with van der Waals surface area (Å²) in [5, 5.41) is 4.59. The number of rotatable bonds is 7. The molecule has 1 atom stereocenters. The summed E-state index contributed by atoms with van der Waals surface area (Å²) >= 11 is 1.35. The molecule has 5 N–H and O–H groups in total. The number of hydrogen-bond acceptors (Lipinski definition) is 8. The van der Waals surface area contributed by atoms with E-state index in [-0.39, 0.29) is 41.7 Å². The van der Waals surface area contributed by atoms with Crippen molar-refractivity contribution in [3.8, 4) is 11.1 Å². The number of thiophene rings is 1. The van der Waals surface area contributed by atoms with Gasteiger partial charge < -0.3 is 36.0 Å². The number of amides is 3. The summed E-state index contributed by atoms with van der Waals surface area (Å²) in [6.45, 7) is 0.0632. The third kappa shape index (κ3) is 9.68. The van der Waals surface area contributed by atoms with Crippen LogP contribution in [0.5, 0.6) is 0 Å². The first-order valence-corrected chi connectivity index (χ1v) is 15.2. The number of nitrogens with two attached hydrogens (primary N) is 2. The fourth-order valence-electron chi connectivity index (χ4n) is 5.06. The average Bonchev–Trinajstić information content (AvgIpc) is 3.84. The molecule has 2 heterocycles. The predicted molar refractivity (Wildman–Crippen MR) is 173 cm³/mol. The SMILES string of the molecule is C=O.CN.COC(=O)/N=C(/N)c1csc(CNC(=O)C2CCCN2C(=O)Cc2ccc3c(c2)-c2ccccc2C3(F)F)c1.COC(F)F. The number of halogens is 4. The summed E-state index contributed by atoms with van der Waals surface area (Å²) < 4.78 is 58.7. The second-order valence-corrected chi connectivity index (χ2v) is 10.9. The number of methoxy groups -OCH3 is 2. The summed E-state index contributed by atoms with van der Waals surface area (Å²) in [5.74, 6) is -3.55. The van der Waals surface area contributed by atoms with Gasteiger partial charge in [0.15, 0.2) is 0 Å². The van der Waals surface area contributed by atoms with Crippen LogP contribution in [0.3, 0.4) is 0 Å². The highest BCUT2D eigenvalue weighted by molar-refractivity contribution is 7.10. The number of nitrogens with one attached hydrogen (secondary N) is 1. The van der Waals surface area contributed by atoms with Gasteiger partial charge in [0.1, 0.15) is 18.7 Å². The molecule has 11 nitrogen and oxygen atoms in total. The number of benzene rings is 2. The minimum atomic E-state index is -3.07. The van der Waals surface area contributed by atoms with E-state index in [9.17, 15) is 31.9 Å². The van der Waals surface area contributed by atoms with Gasteiger partial charge in [-0.15, -0.1) is 11.3 Å². The molecule has 1 aliphatic carbocycles. The zero-order valence-electron chi connectivity index (χ0n) is 26.5. The quantitative estimate of drug-likeness (QED) is 0.185. The van der Waals surface area contributed by atoms with E-state index in [0.29, 0.717) is 41.6 Å². The van der Waals surface area contributed by atoms with Crippen LogP contribution < -0.4 is 16.8 Å². The van der Waals surface area contributed by atoms with Gasteiger partial charge >= 0.3 is 12.7 Å². The minimum Gasteiger partial charge on any atom is -0.451 e. The molecule has 1 aromatic heterocycles. The summed E-state index contributed by atoms with van der Waals surface area (Å²) in [5.41, 5.74) is 12.3. The normalized spacial score (nSPS) is 15.4. The van der Waals surface area contributed by atoms with E-state index in [1.54, 1.807) is 46.7 Å². The third-order valence-electron chi connectivity index (χ3n) is 7.16. The van der Waals surface area contributed by atoms with Crippen molar-refractivity contribution >= 4 is 41.9 Å². The second kappa shape index (κ2) is 18.6. The van der Waals surface area contributed by atoms with E-state index >= 15 is 0 Å². The Balaban J connectivity index is 0.000000803. The number of alkyl halides is 4. The zero-order chi connectivity index (χ0) is 36.0. The van der Waals surface area contributed by atoms with Crippen molar-refractivity contribution in [3.05, 3.63) is 81.0 Å². The van der Waals surface area contributed by atoms with Gasteiger partial charge in [-0.25, -0.2) is 4.79 Å². The Bertz CT molecular complexity index is 1590. The van der Waals surface area contributed by atoms with Crippen molar-refractivity contribution in [2.75, 3.05) is 27.8 Å². The molecule has 0 saturated carbocycles. The topological polar surface area (TPSA) is 166 Å². The Hall–Kier alpha value is -4.67. The second-order valence-electron chi connectivity index (χ2n) is 9.90. The van der Waals surface area contributed by atoms with Gasteiger partial charge in [0.25, 0.3) is 5.92 Å². The molecule has 3 amide bonds. The Morgan fingerprint density at radius 3 is 2.38 bits per heavy atom. The molecular weight excluding hydrogens is 658 g/mol. The molecule has 3 aromatic rings. The molecule has 260 valence electrons. The highest BCUT2D eigenvalue weighted by Crippen LogP contribution is 2.51. The number of ether oxygens (including phenoxy) is 2. The fourth-order valence-corrected chi connectivity index (χ4v) is 5.87. The number of likely N-dealkylation sites (tertiary alicyclic amines) is 1. The first kappa shape index (κ1) is 39.5. The van der Waals surface area contributed by atoms with Gasteiger partial charge in [0, 0.05) is 40.6 Å². The van der Waals surface area contributed by atoms with Gasteiger partial charge in [-0.05, 0) is 42.6 Å². The maximum Gasteiger partial charge on any atom is 0.435 e. The number of aliphatic imine (C=N–C) groups is 1. The zero-order valence-corrected chi connectivity index (χ0v) is 27.3. The highest BCUT2D eigenvalue weighted by atomic mass is 32.1. The molecule has 1 saturated heterocycles. The molecule has 5 rings (SSSR count). The Kier molecular flexibility index (Phi) is 15.3. The van der Waals surface area contributed by atoms with Crippen LogP contribution in [0.25, 0.3) is 11.1 Å². The molecule has 2 aromatic carbocycles. The van der Waals surface area contributed by atoms with E-state index in [1.807, 2.05) is 6.79 Å². The molecule has 0 bridgehead atoms. The van der Waals surface area contributed by atoms with Crippen LogP contribution in [-0.2, 0) is 42.7 Å². The van der Waals surface area contributed by atoms with Crippen LogP contribution in [-0.4, -0.2) is 75.9 Å². The number of nitrogens with zero attached hydrogens (tertiary/aromatic N) is 2. The van der Waals surface area contributed by atoms with Gasteiger partial charge in [-0.3, -0.25) is 9.59 Å². The lowest BCUT2D eigenvalue weighted by Crippen LogP contribution is -2.46. The maximum absolute atomic E-state index is 14.9. The average molecular weight is 696 g/mol. The number of fused-ring (bicyclic) bond motifs is 3. The monoisotopic (exact) mass is 695 g/mol. The number of carbonyl (C=O) groups excluding carboxylic acids is 4. The largest absolute Gasteiger partial charge is 0.451 e. The van der Waals surface area contributed by atoms with Crippen molar-refractivity contribution in [1.29, 1.82) is 0 Å². The lowest BCUT2D eigenvalue weighted by molar-refractivity contribution is -0.138. The highest BCUT2D eigenvalue weighted by Gasteiger charge is 2.44. The van der Waals surface area contributed by atoms with E-state index < -0.39 is 24.7 Å². The third-order valence-corrected chi connectivity index (χ3v) is 8.10. The van der Waals surface area contributed by atoms with Crippen molar-refractivity contribution < 1.29 is 46.2 Å². The van der Waals surface area contributed by atoms with E-state index in [0.717, 1.165) is 12.0 Å². The van der Waals surface area contributed by atoms with Crippen molar-refractivity contribution in [3.63, 3.8) is 0 Å². The molecule has 0 radical (unpaired) electrons. The minimum absolute atomic E-state index is 0.0118. The summed E-state index contributed by atoms with van der Waals surface area (Å²) in [6.07, 6.45) is 0.438. The van der Waals surface area contributed by atoms with E-state index in [4.69, 9.17) is 10.5 Å². The fraction of sp³-hybridized carbons (Fsp3) is 0.344. The van der Waals surface area contributed by atoms with Gasteiger partial charge in [0.05, 0.1) is 20.1 Å². The van der Waals surface area contributed by atoms with Crippen LogP contribution in [0.15, 0.2) is 58.9 Å². The number of carbonyl (C=O) groups is 4. The predicted octanol–water partition coefficient (Wildman–Crippen LogP) is 4.44. The van der Waals surface area contributed by atoms with Crippen LogP contribution >= 0.6 is 11.3 Å². The Morgan fingerprint density at radius 1 is 1.08 bits per heavy atom. The van der Waals surface area contributed by atoms with Gasteiger partial charge in [-0.1, -0.05) is 42.5 Å². The Morgan fingerprint density at radius 2 is 1.73 bits per heavy atom. The molecule has 1 fully saturated rings. The van der Waals surface area contributed by atoms with Crippen molar-refractivity contribution in [1.82, 2.24) is 10.2 Å². The van der Waals surface area contributed by atoms with Gasteiger partial charge in [0.2, 0.25) is 11.8 Å². The first-order chi connectivity index (χ1) is 23.0. The molecule has 0 spiro atoms. The summed E-state index contributed by atoms with van der Waals surface area (Å²) in [4.78, 5) is 51.4. The van der Waals surface area contributed by atoms with Crippen molar-refractivity contribution in [2.24, 2.45) is 16.5 Å². The standard InChI is InChI=1S/C28H26F2N4O4S.C2H4F2O.CH5N.CH2O/c1-38-27(37)33-25(31)17-13-18(39-15-17)14-32-26(36)23-7-4-10-34(23)24(35)12-16-8-9-22-20(11-16)19-5-2-3-6-21(19)28(22,29)30;1-5-2(3)4;2*1-2/h2-3,5-6,8-9,11,13,15,23H,4,7,10,12,14H2,1H3,(H,32,36)(H2,31,33,37);2H,1H3;2H2,1H3;1H2. The number of hydrogen-bond donors (Lipinski definition) is 3. The molecule has 16 heteroatoms. The van der Waals surface area contributed by atoms with Crippen LogP contribution in [0, 0.1) is 0 Å².